The Morgan fingerprint density at radius 2 is 1.67 bits per heavy atom. The maximum absolute atomic E-state index is 13.7. The predicted octanol–water partition coefficient (Wildman–Crippen LogP) is 5.52. The number of sulfonamides is 1. The lowest BCUT2D eigenvalue weighted by Crippen LogP contribution is -2.38. The summed E-state index contributed by atoms with van der Waals surface area (Å²) in [5.41, 5.74) is -0.570. The second-order valence-electron chi connectivity index (χ2n) is 7.60. The number of aryl methyl sites for hydroxylation is 1. The summed E-state index contributed by atoms with van der Waals surface area (Å²) in [6.07, 6.45) is -4.74. The van der Waals surface area contributed by atoms with Gasteiger partial charge in [-0.05, 0) is 67.1 Å². The van der Waals surface area contributed by atoms with Gasteiger partial charge in [0, 0.05) is 5.69 Å². The number of halogens is 4. The molecule has 3 aromatic carbocycles. The zero-order valence-corrected chi connectivity index (χ0v) is 21.0. The van der Waals surface area contributed by atoms with Crippen molar-refractivity contribution < 1.29 is 35.9 Å². The van der Waals surface area contributed by atoms with Crippen LogP contribution in [0.15, 0.2) is 65.6 Å². The van der Waals surface area contributed by atoms with Crippen LogP contribution in [-0.4, -0.2) is 35.1 Å². The third-order valence-electron chi connectivity index (χ3n) is 5.09. The molecule has 7 nitrogen and oxygen atoms in total. The van der Waals surface area contributed by atoms with Gasteiger partial charge in [0.2, 0.25) is 5.91 Å². The zero-order valence-electron chi connectivity index (χ0n) is 19.4. The fourth-order valence-electron chi connectivity index (χ4n) is 3.32. The summed E-state index contributed by atoms with van der Waals surface area (Å²) in [5.74, 6) is -0.363. The summed E-state index contributed by atoms with van der Waals surface area (Å²) in [7, 11) is -1.61. The van der Waals surface area contributed by atoms with Gasteiger partial charge in [-0.3, -0.25) is 9.10 Å². The number of carbonyl (C=O) groups excluding carboxylic acids is 1. The number of anilines is 2. The van der Waals surface area contributed by atoms with E-state index >= 15 is 0 Å². The van der Waals surface area contributed by atoms with Gasteiger partial charge in [0.15, 0.2) is 0 Å². The lowest BCUT2D eigenvalue weighted by Gasteiger charge is -2.25. The minimum absolute atomic E-state index is 0.0621. The molecule has 36 heavy (non-hydrogen) atoms. The van der Waals surface area contributed by atoms with Gasteiger partial charge in [-0.1, -0.05) is 17.7 Å². The molecule has 0 heterocycles. The quantitative estimate of drug-likeness (QED) is 0.405. The number of ether oxygens (including phenoxy) is 2. The largest absolute Gasteiger partial charge is 0.497 e. The summed E-state index contributed by atoms with van der Waals surface area (Å²) < 4.78 is 78.2. The first-order chi connectivity index (χ1) is 16.9. The predicted molar refractivity (Wildman–Crippen MR) is 130 cm³/mol. The number of rotatable bonds is 8. The number of hydrogen-bond donors (Lipinski definition) is 1. The molecule has 0 unspecified atom stereocenters. The van der Waals surface area contributed by atoms with Crippen molar-refractivity contribution in [2.45, 2.75) is 18.0 Å². The van der Waals surface area contributed by atoms with E-state index in [9.17, 15) is 26.4 Å². The van der Waals surface area contributed by atoms with Crippen molar-refractivity contribution >= 4 is 38.9 Å². The molecule has 3 aromatic rings. The van der Waals surface area contributed by atoms with Crippen molar-refractivity contribution in [2.24, 2.45) is 0 Å². The highest BCUT2D eigenvalue weighted by atomic mass is 35.5. The van der Waals surface area contributed by atoms with Gasteiger partial charge < -0.3 is 14.8 Å². The lowest BCUT2D eigenvalue weighted by atomic mass is 10.2. The Morgan fingerprint density at radius 3 is 2.25 bits per heavy atom. The van der Waals surface area contributed by atoms with Gasteiger partial charge in [-0.25, -0.2) is 8.42 Å². The van der Waals surface area contributed by atoms with E-state index in [4.69, 9.17) is 21.1 Å². The normalized spacial score (nSPS) is 11.6. The molecule has 0 bridgehead atoms. The van der Waals surface area contributed by atoms with Crippen LogP contribution in [0.2, 0.25) is 5.02 Å². The van der Waals surface area contributed by atoms with Crippen molar-refractivity contribution in [3.05, 3.63) is 76.8 Å². The van der Waals surface area contributed by atoms with E-state index < -0.39 is 39.2 Å². The van der Waals surface area contributed by atoms with E-state index in [0.29, 0.717) is 17.4 Å². The summed E-state index contributed by atoms with van der Waals surface area (Å²) in [6, 6.07) is 13.3. The van der Waals surface area contributed by atoms with Crippen LogP contribution < -0.4 is 19.1 Å². The van der Waals surface area contributed by atoms with Crippen molar-refractivity contribution in [1.82, 2.24) is 0 Å². The van der Waals surface area contributed by atoms with E-state index in [1.165, 1.54) is 56.7 Å². The Bertz CT molecular complexity index is 1360. The molecular weight excluding hydrogens is 521 g/mol. The van der Waals surface area contributed by atoms with Crippen LogP contribution >= 0.6 is 11.6 Å². The molecule has 0 aliphatic heterocycles. The molecule has 12 heteroatoms. The van der Waals surface area contributed by atoms with Gasteiger partial charge in [0.05, 0.1) is 30.5 Å². The van der Waals surface area contributed by atoms with Crippen molar-refractivity contribution in [3.63, 3.8) is 0 Å². The van der Waals surface area contributed by atoms with Crippen LogP contribution in [0.4, 0.5) is 24.5 Å². The molecule has 192 valence electrons. The van der Waals surface area contributed by atoms with Crippen molar-refractivity contribution in [1.29, 1.82) is 0 Å². The van der Waals surface area contributed by atoms with E-state index in [0.717, 1.165) is 10.4 Å². The van der Waals surface area contributed by atoms with Crippen LogP contribution in [0.5, 0.6) is 11.5 Å². The summed E-state index contributed by atoms with van der Waals surface area (Å²) in [4.78, 5) is 12.7. The van der Waals surface area contributed by atoms with Gasteiger partial charge in [0.1, 0.15) is 22.9 Å². The third kappa shape index (κ3) is 6.03. The van der Waals surface area contributed by atoms with Crippen LogP contribution in [0.1, 0.15) is 11.1 Å². The minimum atomic E-state index is -4.74. The van der Waals surface area contributed by atoms with E-state index in [1.54, 1.807) is 13.0 Å². The van der Waals surface area contributed by atoms with E-state index in [2.05, 4.69) is 5.32 Å². The second-order valence-corrected chi connectivity index (χ2v) is 9.84. The van der Waals surface area contributed by atoms with E-state index in [-0.39, 0.29) is 22.0 Å². The number of nitrogens with one attached hydrogen (secondary N) is 1. The second kappa shape index (κ2) is 10.7. The molecule has 0 fully saturated rings. The zero-order chi connectivity index (χ0) is 26.7. The number of benzene rings is 3. The first-order valence-corrected chi connectivity index (χ1v) is 12.2. The molecule has 1 amide bonds. The highest BCUT2D eigenvalue weighted by Crippen LogP contribution is 2.36. The number of hydrogen-bond acceptors (Lipinski definition) is 5. The molecule has 3 rings (SSSR count). The number of nitrogens with zero attached hydrogens (tertiary/aromatic N) is 1. The summed E-state index contributed by atoms with van der Waals surface area (Å²) >= 11 is 5.63. The average Bonchev–Trinajstić information content (AvgIpc) is 2.83. The number of amides is 1. The summed E-state index contributed by atoms with van der Waals surface area (Å²) in [5, 5.41) is 1.78. The maximum Gasteiger partial charge on any atom is 0.417 e. The van der Waals surface area contributed by atoms with Crippen LogP contribution in [0, 0.1) is 6.92 Å². The molecule has 0 aromatic heterocycles. The molecule has 0 radical (unpaired) electrons. The minimum Gasteiger partial charge on any atom is -0.497 e. The first kappa shape index (κ1) is 27.2. The monoisotopic (exact) mass is 542 g/mol. The molecular formula is C24H22ClF3N2O5S. The van der Waals surface area contributed by atoms with Crippen LogP contribution in [-0.2, 0) is 21.0 Å². The molecule has 0 spiro atoms. The summed E-state index contributed by atoms with van der Waals surface area (Å²) in [6.45, 7) is 0.956. The molecule has 0 saturated heterocycles. The Morgan fingerprint density at radius 1 is 1.00 bits per heavy atom. The Labute approximate surface area is 211 Å². The third-order valence-corrected chi connectivity index (χ3v) is 7.21. The average molecular weight is 543 g/mol. The lowest BCUT2D eigenvalue weighted by molar-refractivity contribution is -0.137. The van der Waals surface area contributed by atoms with E-state index in [1.807, 2.05) is 0 Å². The standard InChI is InChI=1S/C24H22ClF3N2O5S/c1-15-4-11-21(35-3)22(12-15)36(32,33)30(17-6-8-18(34-2)9-7-17)14-23(31)29-16-5-10-20(25)19(13-16)24(26,27)28/h4-13H,14H2,1-3H3,(H,29,31). The highest BCUT2D eigenvalue weighted by Gasteiger charge is 2.34. The fraction of sp³-hybridized carbons (Fsp3) is 0.208. The van der Waals surface area contributed by atoms with Crippen molar-refractivity contribution in [2.75, 3.05) is 30.4 Å². The number of alkyl halides is 3. The topological polar surface area (TPSA) is 84.9 Å². The Kier molecular flexibility index (Phi) is 8.05. The first-order valence-electron chi connectivity index (χ1n) is 10.3. The molecule has 0 atom stereocenters. The number of carbonyl (C=O) groups is 1. The fourth-order valence-corrected chi connectivity index (χ4v) is 5.21. The molecule has 0 aliphatic rings. The van der Waals surface area contributed by atoms with Gasteiger partial charge in [-0.2, -0.15) is 13.2 Å². The SMILES string of the molecule is COc1ccc(N(CC(=O)Nc2ccc(Cl)c(C(F)(F)F)c2)S(=O)(=O)c2cc(C)ccc2OC)cc1. The van der Waals surface area contributed by atoms with Crippen molar-refractivity contribution in [3.8, 4) is 11.5 Å². The molecule has 1 N–H and O–H groups in total. The van der Waals surface area contributed by atoms with Gasteiger partial charge >= 0.3 is 6.18 Å². The molecule has 0 saturated carbocycles. The van der Waals surface area contributed by atoms with Crippen LogP contribution in [0.25, 0.3) is 0 Å². The Balaban J connectivity index is 2.01. The maximum atomic E-state index is 13.7. The number of methoxy groups -OCH3 is 2. The smallest absolute Gasteiger partial charge is 0.417 e. The Hall–Kier alpha value is -3.44. The van der Waals surface area contributed by atoms with Crippen LogP contribution in [0.3, 0.4) is 0 Å². The van der Waals surface area contributed by atoms with Gasteiger partial charge in [0.25, 0.3) is 10.0 Å². The highest BCUT2D eigenvalue weighted by molar-refractivity contribution is 7.93. The van der Waals surface area contributed by atoms with Gasteiger partial charge in [-0.15, -0.1) is 0 Å². The molecule has 0 aliphatic carbocycles.